The maximum absolute atomic E-state index is 12.6. The van der Waals surface area contributed by atoms with Gasteiger partial charge in [0, 0.05) is 17.6 Å². The summed E-state index contributed by atoms with van der Waals surface area (Å²) < 4.78 is 72.4. The van der Waals surface area contributed by atoms with E-state index < -0.39 is 34.1 Å². The normalized spacial score (nSPS) is 20.5. The fourth-order valence-electron chi connectivity index (χ4n) is 2.56. The van der Waals surface area contributed by atoms with Crippen molar-refractivity contribution in [1.82, 2.24) is 5.32 Å². The van der Waals surface area contributed by atoms with Gasteiger partial charge in [-0.25, -0.2) is 0 Å². The lowest BCUT2D eigenvalue weighted by Gasteiger charge is -2.27. The Morgan fingerprint density at radius 1 is 1.33 bits per heavy atom. The minimum Gasteiger partial charge on any atom is -0.487 e. The van der Waals surface area contributed by atoms with E-state index in [2.05, 4.69) is 5.32 Å². The van der Waals surface area contributed by atoms with Gasteiger partial charge < -0.3 is 19.3 Å². The maximum Gasteiger partial charge on any atom is 0.390 e. The van der Waals surface area contributed by atoms with E-state index >= 15 is 0 Å². The van der Waals surface area contributed by atoms with Crippen LogP contribution in [0.15, 0.2) is 18.2 Å². The molecule has 0 bridgehead atoms. The second-order valence-electron chi connectivity index (χ2n) is 7.56. The van der Waals surface area contributed by atoms with E-state index in [1.54, 1.807) is 6.07 Å². The zero-order chi connectivity index (χ0) is 20.5. The van der Waals surface area contributed by atoms with Crippen LogP contribution in [0.4, 0.5) is 13.2 Å². The summed E-state index contributed by atoms with van der Waals surface area (Å²) in [4.78, 5) is 0. The predicted molar refractivity (Wildman–Crippen MR) is 93.4 cm³/mol. The third-order valence-corrected chi connectivity index (χ3v) is 5.42. The van der Waals surface area contributed by atoms with Gasteiger partial charge in [-0.3, -0.25) is 0 Å². The zero-order valence-corrected chi connectivity index (χ0v) is 16.2. The molecule has 0 radical (unpaired) electrons. The van der Waals surface area contributed by atoms with E-state index in [4.69, 9.17) is 8.92 Å². The lowest BCUT2D eigenvalue weighted by Crippen LogP contribution is -2.42. The summed E-state index contributed by atoms with van der Waals surface area (Å²) in [5, 5.41) is 11.4. The Labute approximate surface area is 156 Å². The van der Waals surface area contributed by atoms with Crippen molar-refractivity contribution in [3.63, 3.8) is 0 Å². The predicted octanol–water partition coefficient (Wildman–Crippen LogP) is 2.40. The smallest absolute Gasteiger partial charge is 0.390 e. The highest BCUT2D eigenvalue weighted by atomic mass is 32.2. The Morgan fingerprint density at radius 2 is 2.00 bits per heavy atom. The molecule has 0 amide bonds. The number of ether oxygens (including phenoxy) is 1. The van der Waals surface area contributed by atoms with Crippen molar-refractivity contribution in [2.75, 3.05) is 13.2 Å². The Bertz CT molecular complexity index is 759. The number of alkyl halides is 3. The Hall–Kier alpha value is -1.52. The molecular formula is C17H24F3NO5S. The third-order valence-electron chi connectivity index (χ3n) is 3.87. The van der Waals surface area contributed by atoms with Crippen LogP contribution in [0, 0.1) is 0 Å². The minimum absolute atomic E-state index is 0.0661. The number of para-hydroxylation sites is 1. The molecule has 0 aromatic heterocycles. The van der Waals surface area contributed by atoms with Crippen LogP contribution in [0.2, 0.25) is 0 Å². The van der Waals surface area contributed by atoms with Crippen molar-refractivity contribution >= 4 is 10.1 Å². The largest absolute Gasteiger partial charge is 0.487 e. The van der Waals surface area contributed by atoms with Gasteiger partial charge in [0.15, 0.2) is 11.5 Å². The quantitative estimate of drug-likeness (QED) is 0.700. The van der Waals surface area contributed by atoms with Gasteiger partial charge in [0.25, 0.3) is 0 Å². The van der Waals surface area contributed by atoms with Crippen molar-refractivity contribution < 1.29 is 35.6 Å². The summed E-state index contributed by atoms with van der Waals surface area (Å²) >= 11 is 0. The monoisotopic (exact) mass is 411 g/mol. The van der Waals surface area contributed by atoms with Crippen molar-refractivity contribution in [3.8, 4) is 11.5 Å². The van der Waals surface area contributed by atoms with Crippen molar-refractivity contribution in [1.29, 1.82) is 0 Å². The number of nitrogens with one attached hydrogen (secondary N) is 1. The number of benzene rings is 1. The number of fused-ring (bicyclic) bond motifs is 1. The molecule has 154 valence electrons. The first-order chi connectivity index (χ1) is 12.3. The molecule has 2 atom stereocenters. The lowest BCUT2D eigenvalue weighted by molar-refractivity contribution is -0.134. The molecule has 2 unspecified atom stereocenters. The van der Waals surface area contributed by atoms with Crippen LogP contribution >= 0.6 is 0 Å². The molecule has 1 aliphatic rings. The molecule has 10 heteroatoms. The number of aliphatic hydroxyl groups is 1. The lowest BCUT2D eigenvalue weighted by atomic mass is 10.1. The van der Waals surface area contributed by atoms with E-state index in [-0.39, 0.29) is 36.6 Å². The number of halogens is 3. The van der Waals surface area contributed by atoms with Gasteiger partial charge >= 0.3 is 16.3 Å². The fourth-order valence-corrected chi connectivity index (χ4v) is 3.90. The Kier molecular flexibility index (Phi) is 6.33. The minimum atomic E-state index is -4.61. The number of hydrogen-bond donors (Lipinski definition) is 2. The van der Waals surface area contributed by atoms with Gasteiger partial charge in [-0.05, 0) is 33.3 Å². The standard InChI is InChI=1S/C17H24F3NO5S/c1-16(2,3)21-9-12(22)10-25-14-6-4-5-11-7-13(8-17(18,19)20)27(23,24)26-15(11)14/h4-6,12-13,21-22H,7-10H2,1-3H3. The second-order valence-corrected chi connectivity index (χ2v) is 9.38. The molecule has 1 heterocycles. The van der Waals surface area contributed by atoms with Gasteiger partial charge in [-0.1, -0.05) is 12.1 Å². The summed E-state index contributed by atoms with van der Waals surface area (Å²) in [5.41, 5.74) is 0.122. The van der Waals surface area contributed by atoms with E-state index in [1.807, 2.05) is 20.8 Å². The van der Waals surface area contributed by atoms with Crippen molar-refractivity contribution in [2.45, 2.75) is 56.7 Å². The molecule has 0 saturated heterocycles. The SMILES string of the molecule is CC(C)(C)NCC(O)COc1cccc2c1OS(=O)(=O)C(CC(F)(F)F)C2. The van der Waals surface area contributed by atoms with Crippen LogP contribution in [0.3, 0.4) is 0 Å². The molecule has 27 heavy (non-hydrogen) atoms. The second kappa shape index (κ2) is 7.84. The van der Waals surface area contributed by atoms with Gasteiger partial charge in [-0.15, -0.1) is 0 Å². The topological polar surface area (TPSA) is 84.9 Å². The average Bonchev–Trinajstić information content (AvgIpc) is 2.49. The van der Waals surface area contributed by atoms with Gasteiger partial charge in [0.1, 0.15) is 18.0 Å². The fraction of sp³-hybridized carbons (Fsp3) is 0.647. The van der Waals surface area contributed by atoms with Crippen LogP contribution in [0.5, 0.6) is 11.5 Å². The summed E-state index contributed by atoms with van der Waals surface area (Å²) in [6.07, 6.45) is -7.27. The Balaban J connectivity index is 2.10. The summed E-state index contributed by atoms with van der Waals surface area (Å²) in [6.45, 7) is 5.93. The first-order valence-corrected chi connectivity index (χ1v) is 9.92. The molecule has 0 aliphatic carbocycles. The third kappa shape index (κ3) is 6.54. The Morgan fingerprint density at radius 3 is 2.59 bits per heavy atom. The molecule has 2 N–H and O–H groups in total. The molecule has 0 fully saturated rings. The van der Waals surface area contributed by atoms with Crippen LogP contribution in [0.25, 0.3) is 0 Å². The van der Waals surface area contributed by atoms with E-state index in [0.29, 0.717) is 5.56 Å². The van der Waals surface area contributed by atoms with Gasteiger partial charge in [-0.2, -0.15) is 21.6 Å². The number of hydrogen-bond acceptors (Lipinski definition) is 6. The van der Waals surface area contributed by atoms with Crippen LogP contribution in [-0.2, 0) is 16.5 Å². The summed E-state index contributed by atoms with van der Waals surface area (Å²) in [7, 11) is -4.44. The van der Waals surface area contributed by atoms with Gasteiger partial charge in [0.05, 0.1) is 6.42 Å². The van der Waals surface area contributed by atoms with Crippen molar-refractivity contribution in [2.24, 2.45) is 0 Å². The number of β-amino-alcohol motifs (C(OH)–C–C–N with tert-alkyl or cyclic N) is 1. The van der Waals surface area contributed by atoms with Crippen molar-refractivity contribution in [3.05, 3.63) is 23.8 Å². The molecule has 1 aliphatic heterocycles. The summed E-state index contributed by atoms with van der Waals surface area (Å²) in [5.74, 6) is -0.0525. The average molecular weight is 411 g/mol. The highest BCUT2D eigenvalue weighted by Crippen LogP contribution is 2.40. The van der Waals surface area contributed by atoms with Crippen LogP contribution < -0.4 is 14.2 Å². The summed E-state index contributed by atoms with van der Waals surface area (Å²) in [6, 6.07) is 4.49. The molecule has 1 aromatic carbocycles. The highest BCUT2D eigenvalue weighted by Gasteiger charge is 2.43. The first-order valence-electron chi connectivity index (χ1n) is 8.45. The number of aliphatic hydroxyl groups excluding tert-OH is 1. The molecular weight excluding hydrogens is 387 g/mol. The number of rotatable bonds is 6. The van der Waals surface area contributed by atoms with E-state index in [1.165, 1.54) is 12.1 Å². The molecule has 0 spiro atoms. The van der Waals surface area contributed by atoms with Crippen LogP contribution in [0.1, 0.15) is 32.8 Å². The highest BCUT2D eigenvalue weighted by molar-refractivity contribution is 7.87. The first kappa shape index (κ1) is 21.8. The zero-order valence-electron chi connectivity index (χ0n) is 15.3. The van der Waals surface area contributed by atoms with Crippen LogP contribution in [-0.4, -0.2) is 49.7 Å². The molecule has 0 saturated carbocycles. The van der Waals surface area contributed by atoms with Gasteiger partial charge in [0.2, 0.25) is 0 Å². The molecule has 1 aromatic rings. The van der Waals surface area contributed by atoms with E-state index in [9.17, 15) is 26.7 Å². The van der Waals surface area contributed by atoms with E-state index in [0.717, 1.165) is 0 Å². The molecule has 6 nitrogen and oxygen atoms in total. The maximum atomic E-state index is 12.6. The molecule has 2 rings (SSSR count).